The molecule has 1 N–H and O–H groups in total. The Bertz CT molecular complexity index is 2230. The van der Waals surface area contributed by atoms with Gasteiger partial charge in [0.15, 0.2) is 10.9 Å². The third-order valence-electron chi connectivity index (χ3n) is 6.39. The molecule has 2 aromatic heterocycles. The van der Waals surface area contributed by atoms with Gasteiger partial charge in [-0.3, -0.25) is 14.1 Å². The summed E-state index contributed by atoms with van der Waals surface area (Å²) < 4.78 is 51.9. The van der Waals surface area contributed by atoms with Crippen LogP contribution in [-0.4, -0.2) is 30.5 Å². The van der Waals surface area contributed by atoms with Crippen molar-refractivity contribution in [2.75, 3.05) is 0 Å². The Morgan fingerprint density at radius 2 is 0.878 bits per heavy atom. The summed E-state index contributed by atoms with van der Waals surface area (Å²) in [6.07, 6.45) is 0. The van der Waals surface area contributed by atoms with Crippen LogP contribution >= 0.6 is 21.4 Å². The van der Waals surface area contributed by atoms with Gasteiger partial charge in [-0.15, -0.1) is 0 Å². The number of hydrogen-bond donors (Lipinski definition) is 1. The van der Waals surface area contributed by atoms with Gasteiger partial charge in [0.05, 0.1) is 27.0 Å². The highest BCUT2D eigenvalue weighted by molar-refractivity contribution is 8.13. The lowest BCUT2D eigenvalue weighted by atomic mass is 10.1. The minimum absolute atomic E-state index is 0.0703. The fourth-order valence-corrected chi connectivity index (χ4v) is 5.34. The number of aryl methyl sites for hydroxylation is 2. The van der Waals surface area contributed by atoms with E-state index in [9.17, 15) is 18.0 Å². The molecule has 0 aliphatic heterocycles. The normalized spacial score (nSPS) is 11.6. The molecule has 0 amide bonds. The van der Waals surface area contributed by atoms with Gasteiger partial charge in [0.25, 0.3) is 9.05 Å². The van der Waals surface area contributed by atoms with Gasteiger partial charge in [0, 0.05) is 57.0 Å². The predicted octanol–water partition coefficient (Wildman–Crippen LogP) is 5.34. The van der Waals surface area contributed by atoms with Crippen molar-refractivity contribution in [2.24, 2.45) is 14.1 Å². The number of nitrogens with zero attached hydrogens (tertiary/aromatic N) is 2. The van der Waals surface area contributed by atoms with E-state index in [4.69, 9.17) is 23.7 Å². The first-order valence-corrected chi connectivity index (χ1v) is 16.4. The van der Waals surface area contributed by atoms with E-state index in [-0.39, 0.29) is 15.8 Å². The molecular weight excluding hydrogens is 611 g/mol. The van der Waals surface area contributed by atoms with E-state index in [1.807, 2.05) is 79.3 Å². The molecule has 13 heteroatoms. The van der Waals surface area contributed by atoms with Crippen LogP contribution in [0.3, 0.4) is 0 Å². The van der Waals surface area contributed by atoms with Crippen LogP contribution in [0.2, 0.25) is 0 Å². The maximum atomic E-state index is 12.5. The van der Waals surface area contributed by atoms with E-state index in [1.54, 1.807) is 18.2 Å². The van der Waals surface area contributed by atoms with Gasteiger partial charge in [-0.2, -0.15) is 8.42 Å². The molecular formula is C28H22Cl2N2O7S2. The molecule has 9 nitrogen and oxygen atoms in total. The van der Waals surface area contributed by atoms with Crippen molar-refractivity contribution in [3.8, 4) is 0 Å². The zero-order valence-corrected chi connectivity index (χ0v) is 24.7. The highest BCUT2D eigenvalue weighted by Gasteiger charge is 2.14. The monoisotopic (exact) mass is 632 g/mol. The number of fused-ring (bicyclic) bond motifs is 4. The highest BCUT2D eigenvalue weighted by Crippen LogP contribution is 2.23. The molecule has 0 radical (unpaired) electrons. The second kappa shape index (κ2) is 11.6. The van der Waals surface area contributed by atoms with Crippen molar-refractivity contribution in [2.45, 2.75) is 4.90 Å². The average Bonchev–Trinajstić information content (AvgIpc) is 2.93. The Labute approximate surface area is 243 Å². The third kappa shape index (κ3) is 6.61. The van der Waals surface area contributed by atoms with Gasteiger partial charge in [-0.1, -0.05) is 36.4 Å². The zero-order valence-electron chi connectivity index (χ0n) is 21.5. The summed E-state index contributed by atoms with van der Waals surface area (Å²) in [7, 11) is 5.17. The molecule has 6 aromatic rings. The lowest BCUT2D eigenvalue weighted by molar-refractivity contribution is 0.501. The van der Waals surface area contributed by atoms with E-state index < -0.39 is 18.4 Å². The lowest BCUT2D eigenvalue weighted by Gasteiger charge is -2.10. The van der Waals surface area contributed by atoms with E-state index >= 15 is 0 Å². The van der Waals surface area contributed by atoms with Gasteiger partial charge in [0.1, 0.15) is 0 Å². The molecule has 0 bridgehead atoms. The number of pyridine rings is 2. The molecule has 0 fully saturated rings. The number of aromatic nitrogens is 2. The Kier molecular flexibility index (Phi) is 8.57. The maximum absolute atomic E-state index is 12.5. The molecule has 0 aliphatic rings. The molecule has 0 saturated heterocycles. The molecule has 212 valence electrons. The topological polar surface area (TPSA) is 133 Å². The predicted molar refractivity (Wildman–Crippen MR) is 164 cm³/mol. The average molecular weight is 634 g/mol. The minimum Gasteiger partial charge on any atom is -0.343 e. The standard InChI is InChI=1S/C14H10ClNO3S.C14H11NO.ClHO3S/c1-16-12-5-3-2-4-10(12)14(17)11-8-9(20(15,18)19)6-7-13(11)16;1-15-12-8-4-2-6-10(12)14(16)11-7-3-5-9-13(11)15;1-5(2,3)4/h2-8H,1H3;2-9H,1H3;(H,2,3,4). The van der Waals surface area contributed by atoms with Gasteiger partial charge in [-0.25, -0.2) is 8.42 Å². The fourth-order valence-electron chi connectivity index (χ4n) is 4.57. The smallest absolute Gasteiger partial charge is 0.343 e. The zero-order chi connectivity index (χ0) is 30.1. The lowest BCUT2D eigenvalue weighted by Crippen LogP contribution is -2.09. The second-order valence-electron chi connectivity index (χ2n) is 8.86. The Morgan fingerprint density at radius 3 is 1.24 bits per heavy atom. The quantitative estimate of drug-likeness (QED) is 0.147. The first-order valence-electron chi connectivity index (χ1n) is 11.8. The van der Waals surface area contributed by atoms with Gasteiger partial charge < -0.3 is 9.13 Å². The molecule has 0 atom stereocenters. The van der Waals surface area contributed by atoms with Crippen molar-refractivity contribution >= 4 is 83.4 Å². The van der Waals surface area contributed by atoms with Crippen molar-refractivity contribution < 1.29 is 21.4 Å². The van der Waals surface area contributed by atoms with Crippen LogP contribution in [0.25, 0.3) is 43.6 Å². The van der Waals surface area contributed by atoms with Gasteiger partial charge >= 0.3 is 9.33 Å². The largest absolute Gasteiger partial charge is 0.353 e. The van der Waals surface area contributed by atoms with Crippen LogP contribution in [-0.2, 0) is 32.5 Å². The Morgan fingerprint density at radius 1 is 0.561 bits per heavy atom. The van der Waals surface area contributed by atoms with Crippen molar-refractivity contribution in [1.82, 2.24) is 9.13 Å². The van der Waals surface area contributed by atoms with Crippen LogP contribution in [0.15, 0.2) is 105 Å². The van der Waals surface area contributed by atoms with E-state index in [0.29, 0.717) is 16.3 Å². The summed E-state index contributed by atoms with van der Waals surface area (Å²) >= 11 is 0. The van der Waals surface area contributed by atoms with Crippen LogP contribution in [0, 0.1) is 0 Å². The summed E-state index contributed by atoms with van der Waals surface area (Å²) in [6, 6.07) is 26.9. The van der Waals surface area contributed by atoms with Crippen LogP contribution in [0.4, 0.5) is 0 Å². The molecule has 4 aromatic carbocycles. The van der Waals surface area contributed by atoms with Crippen LogP contribution in [0.5, 0.6) is 0 Å². The fraction of sp³-hybridized carbons (Fsp3) is 0.0714. The van der Waals surface area contributed by atoms with Crippen molar-refractivity contribution in [3.05, 3.63) is 111 Å². The molecule has 0 aliphatic carbocycles. The summed E-state index contributed by atoms with van der Waals surface area (Å²) in [6.45, 7) is 0. The first-order chi connectivity index (χ1) is 19.2. The van der Waals surface area contributed by atoms with E-state index in [0.717, 1.165) is 27.3 Å². The number of para-hydroxylation sites is 3. The van der Waals surface area contributed by atoms with Crippen molar-refractivity contribution in [1.29, 1.82) is 0 Å². The van der Waals surface area contributed by atoms with Crippen LogP contribution in [0.1, 0.15) is 0 Å². The molecule has 0 unspecified atom stereocenters. The highest BCUT2D eigenvalue weighted by atomic mass is 35.7. The van der Waals surface area contributed by atoms with Crippen LogP contribution < -0.4 is 10.9 Å². The number of rotatable bonds is 1. The summed E-state index contributed by atoms with van der Waals surface area (Å²) in [5.41, 5.74) is 3.34. The molecule has 0 saturated carbocycles. The first kappa shape index (κ1) is 30.2. The summed E-state index contributed by atoms with van der Waals surface area (Å²) in [4.78, 5) is 24.6. The summed E-state index contributed by atoms with van der Waals surface area (Å²) in [5.74, 6) is 0. The molecule has 0 spiro atoms. The van der Waals surface area contributed by atoms with Crippen molar-refractivity contribution in [3.63, 3.8) is 0 Å². The van der Waals surface area contributed by atoms with Gasteiger partial charge in [-0.05, 0) is 54.6 Å². The SMILES string of the molecule is Cn1c2ccccc2c(=O)c2cc(S(=O)(=O)Cl)ccc21.Cn1c2ccccc2c(=O)c2ccccc21.O=S(=O)(O)Cl. The molecule has 41 heavy (non-hydrogen) atoms. The Balaban J connectivity index is 0.000000165. The minimum atomic E-state index is -4.19. The maximum Gasteiger partial charge on any atom is 0.353 e. The van der Waals surface area contributed by atoms with E-state index in [2.05, 4.69) is 15.2 Å². The molecule has 2 heterocycles. The van der Waals surface area contributed by atoms with E-state index in [1.165, 1.54) is 12.1 Å². The Hall–Kier alpha value is -3.74. The van der Waals surface area contributed by atoms with Gasteiger partial charge in [0.2, 0.25) is 0 Å². The molecule has 6 rings (SSSR count). The number of halogens is 2. The second-order valence-corrected chi connectivity index (χ2v) is 13.4. The number of hydrogen-bond acceptors (Lipinski definition) is 6. The third-order valence-corrected chi connectivity index (χ3v) is 7.74. The number of benzene rings is 4. The summed E-state index contributed by atoms with van der Waals surface area (Å²) in [5, 5.41) is 2.45.